The highest BCUT2D eigenvalue weighted by molar-refractivity contribution is 7.17. The molecule has 0 saturated carbocycles. The molecule has 1 aliphatic heterocycles. The number of ketones is 2. The van der Waals surface area contributed by atoms with Crippen LogP contribution in [0.3, 0.4) is 0 Å². The molecule has 0 spiro atoms. The molecule has 1 saturated heterocycles. The molecular weight excluding hydrogens is 444 g/mol. The van der Waals surface area contributed by atoms with Crippen LogP contribution in [0.4, 0.5) is 5.13 Å². The van der Waals surface area contributed by atoms with Crippen molar-refractivity contribution < 1.29 is 14.3 Å². The molecule has 1 atom stereocenters. The molecule has 0 bridgehead atoms. The van der Waals surface area contributed by atoms with E-state index in [1.165, 1.54) is 5.56 Å². The predicted molar refractivity (Wildman–Crippen MR) is 136 cm³/mol. The van der Waals surface area contributed by atoms with Gasteiger partial charge in [-0.1, -0.05) is 67.6 Å². The maximum atomic E-state index is 12.7. The molecular formula is C28H30N2O3S. The summed E-state index contributed by atoms with van der Waals surface area (Å²) in [6, 6.07) is 16.4. The minimum atomic E-state index is -0.0278. The molecule has 2 aromatic carbocycles. The minimum absolute atomic E-state index is 0.0278. The lowest BCUT2D eigenvalue weighted by atomic mass is 9.78. The van der Waals surface area contributed by atoms with Crippen molar-refractivity contribution in [2.75, 3.05) is 24.7 Å². The van der Waals surface area contributed by atoms with E-state index in [2.05, 4.69) is 43.0 Å². The van der Waals surface area contributed by atoms with Crippen LogP contribution in [0.25, 0.3) is 11.1 Å². The molecule has 176 valence electrons. The second-order valence-electron chi connectivity index (χ2n) is 10.2. The van der Waals surface area contributed by atoms with Gasteiger partial charge in [0.1, 0.15) is 0 Å². The number of nitrogens with zero attached hydrogens (tertiary/aromatic N) is 2. The van der Waals surface area contributed by atoms with Crippen molar-refractivity contribution in [1.29, 1.82) is 0 Å². The third-order valence-electron chi connectivity index (χ3n) is 6.70. The lowest BCUT2D eigenvalue weighted by Crippen LogP contribution is -2.46. The fourth-order valence-electron chi connectivity index (χ4n) is 4.97. The van der Waals surface area contributed by atoms with Crippen LogP contribution in [0.15, 0.2) is 48.5 Å². The molecule has 3 aromatic rings. The van der Waals surface area contributed by atoms with Gasteiger partial charge in [0.2, 0.25) is 0 Å². The average Bonchev–Trinajstić information content (AvgIpc) is 3.23. The van der Waals surface area contributed by atoms with Crippen LogP contribution in [0, 0.1) is 5.41 Å². The van der Waals surface area contributed by atoms with Crippen LogP contribution in [-0.4, -0.2) is 42.4 Å². The fraction of sp³-hybridized carbons (Fsp3) is 0.393. The van der Waals surface area contributed by atoms with E-state index in [4.69, 9.17) is 9.72 Å². The Morgan fingerprint density at radius 3 is 2.71 bits per heavy atom. The second-order valence-corrected chi connectivity index (χ2v) is 11.2. The molecule has 0 unspecified atom stereocenters. The number of benzene rings is 2. The van der Waals surface area contributed by atoms with Crippen molar-refractivity contribution >= 4 is 28.0 Å². The average molecular weight is 475 g/mol. The molecule has 0 amide bonds. The van der Waals surface area contributed by atoms with Crippen LogP contribution in [0.2, 0.25) is 0 Å². The van der Waals surface area contributed by atoms with E-state index in [0.717, 1.165) is 51.8 Å². The Kier molecular flexibility index (Phi) is 6.13. The van der Waals surface area contributed by atoms with Gasteiger partial charge in [-0.15, -0.1) is 0 Å². The van der Waals surface area contributed by atoms with Crippen molar-refractivity contribution in [3.05, 3.63) is 70.2 Å². The van der Waals surface area contributed by atoms with Gasteiger partial charge in [-0.3, -0.25) is 9.59 Å². The standard InChI is InChI=1S/C28H30N2O3S/c1-18(31)20-7-5-9-22(14-20)21-8-4-6-19(12-21)13-23-17-33-11-10-30(23)27-29-24-15-28(2,3)16-25(32)26(24)34-27/h4-9,12,14,23H,10-11,13,15-17H2,1-3H3/t23-/m0/s1. The Bertz CT molecular complexity index is 1250. The first-order valence-corrected chi connectivity index (χ1v) is 12.7. The Labute approximate surface area is 204 Å². The Morgan fingerprint density at radius 2 is 1.91 bits per heavy atom. The molecule has 1 aromatic heterocycles. The van der Waals surface area contributed by atoms with Gasteiger partial charge in [0.25, 0.3) is 0 Å². The highest BCUT2D eigenvalue weighted by atomic mass is 32.1. The maximum absolute atomic E-state index is 12.7. The van der Waals surface area contributed by atoms with Gasteiger partial charge in [-0.25, -0.2) is 4.98 Å². The van der Waals surface area contributed by atoms with Crippen molar-refractivity contribution in [3.8, 4) is 11.1 Å². The summed E-state index contributed by atoms with van der Waals surface area (Å²) in [7, 11) is 0. The zero-order chi connectivity index (χ0) is 23.9. The van der Waals surface area contributed by atoms with Crippen molar-refractivity contribution in [2.24, 2.45) is 5.41 Å². The van der Waals surface area contributed by atoms with Crippen LogP contribution in [0.5, 0.6) is 0 Å². The molecule has 0 N–H and O–H groups in total. The van der Waals surface area contributed by atoms with Gasteiger partial charge in [0, 0.05) is 18.5 Å². The Morgan fingerprint density at radius 1 is 1.15 bits per heavy atom. The first kappa shape index (κ1) is 22.9. The number of anilines is 1. The van der Waals surface area contributed by atoms with Crippen LogP contribution < -0.4 is 4.90 Å². The largest absolute Gasteiger partial charge is 0.377 e. The lowest BCUT2D eigenvalue weighted by Gasteiger charge is -2.35. The maximum Gasteiger partial charge on any atom is 0.186 e. The van der Waals surface area contributed by atoms with Gasteiger partial charge in [-0.05, 0) is 47.9 Å². The van der Waals surface area contributed by atoms with Crippen molar-refractivity contribution in [2.45, 2.75) is 46.1 Å². The van der Waals surface area contributed by atoms with Crippen LogP contribution in [0.1, 0.15) is 58.5 Å². The molecule has 1 aliphatic carbocycles. The summed E-state index contributed by atoms with van der Waals surface area (Å²) in [6.07, 6.45) is 2.26. The van der Waals surface area contributed by atoms with Gasteiger partial charge in [-0.2, -0.15) is 0 Å². The molecule has 34 heavy (non-hydrogen) atoms. The minimum Gasteiger partial charge on any atom is -0.377 e. The molecule has 6 heteroatoms. The summed E-state index contributed by atoms with van der Waals surface area (Å²) >= 11 is 1.55. The quantitative estimate of drug-likeness (QED) is 0.450. The number of fused-ring (bicyclic) bond motifs is 1. The zero-order valence-electron chi connectivity index (χ0n) is 20.0. The second kappa shape index (κ2) is 9.08. The molecule has 2 heterocycles. The molecule has 5 rings (SSSR count). The number of hydrogen-bond donors (Lipinski definition) is 0. The Balaban J connectivity index is 1.39. The van der Waals surface area contributed by atoms with Gasteiger partial charge >= 0.3 is 0 Å². The normalized spacial score (nSPS) is 19.7. The van der Waals surface area contributed by atoms with Crippen molar-refractivity contribution in [1.82, 2.24) is 4.98 Å². The van der Waals surface area contributed by atoms with E-state index in [9.17, 15) is 9.59 Å². The SMILES string of the molecule is CC(=O)c1cccc(-c2cccc(C[C@H]3COCCN3c3nc4c(s3)C(=O)CC(C)(C)C4)c2)c1. The van der Waals surface area contributed by atoms with Crippen molar-refractivity contribution in [3.63, 3.8) is 0 Å². The smallest absolute Gasteiger partial charge is 0.186 e. The molecule has 1 fully saturated rings. The Hall–Kier alpha value is -2.83. The summed E-state index contributed by atoms with van der Waals surface area (Å²) in [5.74, 6) is 0.293. The summed E-state index contributed by atoms with van der Waals surface area (Å²) in [5.41, 5.74) is 5.00. The van der Waals surface area contributed by atoms with E-state index < -0.39 is 0 Å². The molecule has 0 radical (unpaired) electrons. The monoisotopic (exact) mass is 474 g/mol. The van der Waals surface area contributed by atoms with Crippen LogP contribution in [-0.2, 0) is 17.6 Å². The van der Waals surface area contributed by atoms with Gasteiger partial charge < -0.3 is 9.64 Å². The number of carbonyl (C=O) groups is 2. The molecule has 5 nitrogen and oxygen atoms in total. The molecule has 2 aliphatic rings. The first-order valence-electron chi connectivity index (χ1n) is 11.9. The number of morpholine rings is 1. The predicted octanol–water partition coefficient (Wildman–Crippen LogP) is 5.62. The van der Waals surface area contributed by atoms with Gasteiger partial charge in [0.15, 0.2) is 16.7 Å². The van der Waals surface area contributed by atoms with E-state index in [-0.39, 0.29) is 23.0 Å². The summed E-state index contributed by atoms with van der Waals surface area (Å²) < 4.78 is 5.85. The number of carbonyl (C=O) groups excluding carboxylic acids is 2. The highest BCUT2D eigenvalue weighted by Crippen LogP contribution is 2.40. The third-order valence-corrected chi connectivity index (χ3v) is 7.87. The van der Waals surface area contributed by atoms with E-state index >= 15 is 0 Å². The number of thiazole rings is 1. The summed E-state index contributed by atoms with van der Waals surface area (Å²) in [5, 5.41) is 0.940. The summed E-state index contributed by atoms with van der Waals surface area (Å²) in [6.45, 7) is 7.95. The number of aromatic nitrogens is 1. The third kappa shape index (κ3) is 4.70. The highest BCUT2D eigenvalue weighted by Gasteiger charge is 2.36. The number of hydrogen-bond acceptors (Lipinski definition) is 6. The number of ether oxygens (including phenoxy) is 1. The van der Waals surface area contributed by atoms with E-state index in [1.807, 2.05) is 24.3 Å². The van der Waals surface area contributed by atoms with Crippen LogP contribution >= 0.6 is 11.3 Å². The summed E-state index contributed by atoms with van der Waals surface area (Å²) in [4.78, 5) is 32.6. The topological polar surface area (TPSA) is 59.5 Å². The zero-order valence-corrected chi connectivity index (χ0v) is 20.8. The fourth-order valence-corrected chi connectivity index (χ4v) is 6.09. The lowest BCUT2D eigenvalue weighted by molar-refractivity contribution is 0.0914. The first-order chi connectivity index (χ1) is 16.3. The number of rotatable bonds is 5. The van der Waals surface area contributed by atoms with E-state index in [0.29, 0.717) is 19.6 Å². The van der Waals surface area contributed by atoms with E-state index in [1.54, 1.807) is 18.3 Å². The number of Topliss-reactive ketones (excluding diaryl/α,β-unsaturated/α-hetero) is 2. The van der Waals surface area contributed by atoms with Gasteiger partial charge in [0.05, 0.1) is 29.8 Å².